The summed E-state index contributed by atoms with van der Waals surface area (Å²) >= 11 is 3.28. The van der Waals surface area contributed by atoms with Gasteiger partial charge in [0.15, 0.2) is 0 Å². The van der Waals surface area contributed by atoms with Gasteiger partial charge in [0.25, 0.3) is 0 Å². The highest BCUT2D eigenvalue weighted by Gasteiger charge is 2.34. The zero-order valence-corrected chi connectivity index (χ0v) is 17.9. The lowest BCUT2D eigenvalue weighted by atomic mass is 10.1. The summed E-state index contributed by atoms with van der Waals surface area (Å²) in [7, 11) is 1.28. The van der Waals surface area contributed by atoms with Crippen molar-refractivity contribution in [1.82, 2.24) is 4.98 Å². The summed E-state index contributed by atoms with van der Waals surface area (Å²) in [6, 6.07) is 5.68. The maximum absolute atomic E-state index is 14.2. The molecule has 1 aliphatic rings. The van der Waals surface area contributed by atoms with Crippen LogP contribution in [0.1, 0.15) is 18.4 Å². The normalized spacial score (nSPS) is 14.1. The van der Waals surface area contributed by atoms with Gasteiger partial charge in [-0.15, -0.1) is 0 Å². The number of nitrogens with two attached hydrogens (primary N) is 1. The molecule has 2 aromatic rings. The van der Waals surface area contributed by atoms with Gasteiger partial charge in [0.1, 0.15) is 18.0 Å². The molecule has 1 aromatic carbocycles. The van der Waals surface area contributed by atoms with Gasteiger partial charge in [-0.2, -0.15) is 5.26 Å². The molecule has 0 bridgehead atoms. The van der Waals surface area contributed by atoms with Crippen molar-refractivity contribution in [2.24, 2.45) is 5.73 Å². The molecule has 0 unspecified atom stereocenters. The number of hydrogen-bond donors (Lipinski definition) is 1. The van der Waals surface area contributed by atoms with Gasteiger partial charge in [0.2, 0.25) is 11.6 Å². The van der Waals surface area contributed by atoms with Crippen LogP contribution in [0.15, 0.2) is 22.7 Å². The SMILES string of the molecule is COc1c(Br)c(-c2ccc(C#N)c(F)c2)nc(N2CCC(OC(N)=O)CC2)c1[N+](=O)[O-]. The smallest absolute Gasteiger partial charge is 0.404 e. The molecule has 1 fully saturated rings. The number of hydrogen-bond acceptors (Lipinski definition) is 8. The number of aromatic nitrogens is 1. The Balaban J connectivity index is 2.09. The second kappa shape index (κ2) is 9.13. The van der Waals surface area contributed by atoms with Gasteiger partial charge >= 0.3 is 11.8 Å². The summed E-state index contributed by atoms with van der Waals surface area (Å²) in [4.78, 5) is 28.4. The predicted octanol–water partition coefficient (Wildman–Crippen LogP) is 3.50. The summed E-state index contributed by atoms with van der Waals surface area (Å²) in [6.07, 6.45) is -0.461. The Bertz CT molecular complexity index is 1080. The Morgan fingerprint density at radius 2 is 2.13 bits per heavy atom. The molecule has 0 aliphatic carbocycles. The number of amides is 1. The van der Waals surface area contributed by atoms with Gasteiger partial charge in [-0.05, 0) is 28.1 Å². The Morgan fingerprint density at radius 1 is 1.45 bits per heavy atom. The topological polar surface area (TPSA) is 145 Å². The minimum absolute atomic E-state index is 0.0438. The predicted molar refractivity (Wildman–Crippen MR) is 111 cm³/mol. The van der Waals surface area contributed by atoms with Crippen LogP contribution in [0.3, 0.4) is 0 Å². The van der Waals surface area contributed by atoms with E-state index in [4.69, 9.17) is 20.5 Å². The molecule has 1 aromatic heterocycles. The molecule has 0 spiro atoms. The largest absolute Gasteiger partial charge is 0.489 e. The summed E-state index contributed by atoms with van der Waals surface area (Å²) in [5, 5.41) is 20.8. The first-order valence-corrected chi connectivity index (χ1v) is 9.89. The molecule has 0 saturated carbocycles. The average molecular weight is 494 g/mol. The fourth-order valence-corrected chi connectivity index (χ4v) is 4.05. The number of halogens is 2. The van der Waals surface area contributed by atoms with Gasteiger partial charge < -0.3 is 20.1 Å². The summed E-state index contributed by atoms with van der Waals surface area (Å²) in [5.41, 5.74) is 5.10. The number of benzene rings is 1. The Morgan fingerprint density at radius 3 is 2.65 bits per heavy atom. The van der Waals surface area contributed by atoms with E-state index < -0.39 is 22.9 Å². The molecule has 10 nitrogen and oxygen atoms in total. The maximum Gasteiger partial charge on any atom is 0.404 e. The van der Waals surface area contributed by atoms with Crippen LogP contribution >= 0.6 is 15.9 Å². The van der Waals surface area contributed by atoms with E-state index in [0.29, 0.717) is 31.5 Å². The highest BCUT2D eigenvalue weighted by atomic mass is 79.9. The second-order valence-corrected chi connectivity index (χ2v) is 7.46. The van der Waals surface area contributed by atoms with Crippen LogP contribution in [0.25, 0.3) is 11.3 Å². The number of ether oxygens (including phenoxy) is 2. The van der Waals surface area contributed by atoms with Gasteiger partial charge in [0, 0.05) is 31.5 Å². The molecular weight excluding hydrogens is 477 g/mol. The van der Waals surface area contributed by atoms with Crippen LogP contribution in [-0.2, 0) is 4.74 Å². The number of carbonyl (C=O) groups excluding carboxylic acids is 1. The lowest BCUT2D eigenvalue weighted by molar-refractivity contribution is -0.385. The molecule has 0 atom stereocenters. The molecule has 1 amide bonds. The Labute approximate surface area is 184 Å². The van der Waals surface area contributed by atoms with Gasteiger partial charge in [-0.3, -0.25) is 10.1 Å². The average Bonchev–Trinajstić information content (AvgIpc) is 2.73. The molecule has 12 heteroatoms. The lowest BCUT2D eigenvalue weighted by Gasteiger charge is -2.32. The number of nitriles is 1. The van der Waals surface area contributed by atoms with E-state index in [1.54, 1.807) is 11.0 Å². The summed E-state index contributed by atoms with van der Waals surface area (Å²) in [5.74, 6) is -0.760. The minimum Gasteiger partial charge on any atom is -0.489 e. The third kappa shape index (κ3) is 4.51. The monoisotopic (exact) mass is 493 g/mol. The van der Waals surface area contributed by atoms with Crippen LogP contribution in [0.2, 0.25) is 0 Å². The van der Waals surface area contributed by atoms with Crippen molar-refractivity contribution in [2.75, 3.05) is 25.1 Å². The van der Waals surface area contributed by atoms with E-state index in [1.807, 2.05) is 0 Å². The fraction of sp³-hybridized carbons (Fsp3) is 0.316. The van der Waals surface area contributed by atoms with E-state index in [0.717, 1.165) is 6.07 Å². The fourth-order valence-electron chi connectivity index (χ4n) is 3.39. The van der Waals surface area contributed by atoms with Crippen LogP contribution < -0.4 is 15.4 Å². The zero-order chi connectivity index (χ0) is 22.7. The Kier molecular flexibility index (Phi) is 6.55. The number of primary amides is 1. The number of rotatable bonds is 5. The number of nitro groups is 1. The summed E-state index contributed by atoms with van der Waals surface area (Å²) < 4.78 is 24.7. The third-order valence-electron chi connectivity index (χ3n) is 4.83. The molecule has 31 heavy (non-hydrogen) atoms. The number of carbonyl (C=O) groups is 1. The van der Waals surface area contributed by atoms with E-state index in [1.165, 1.54) is 19.2 Å². The Hall–Kier alpha value is -3.46. The number of nitrogens with zero attached hydrogens (tertiary/aromatic N) is 4. The molecule has 162 valence electrons. The standard InChI is InChI=1S/C19H17BrFN5O5/c1-30-17-14(20)15(10-2-3-11(9-22)13(21)8-10)24-18(16(17)26(28)29)25-6-4-12(5-7-25)31-19(23)27/h2-3,8,12H,4-7H2,1H3,(H2,23,27). The lowest BCUT2D eigenvalue weighted by Crippen LogP contribution is -2.39. The number of methoxy groups -OCH3 is 1. The van der Waals surface area contributed by atoms with Crippen molar-refractivity contribution < 1.29 is 23.6 Å². The maximum atomic E-state index is 14.2. The molecule has 1 saturated heterocycles. The van der Waals surface area contributed by atoms with Gasteiger partial charge in [0.05, 0.1) is 27.8 Å². The molecule has 1 aliphatic heterocycles. The molecule has 0 radical (unpaired) electrons. The molecule has 2 heterocycles. The van der Waals surface area contributed by atoms with Crippen molar-refractivity contribution in [3.63, 3.8) is 0 Å². The first-order chi connectivity index (χ1) is 14.8. The van der Waals surface area contributed by atoms with Crippen molar-refractivity contribution in [3.05, 3.63) is 44.2 Å². The van der Waals surface area contributed by atoms with Crippen molar-refractivity contribution >= 4 is 33.5 Å². The third-order valence-corrected chi connectivity index (χ3v) is 5.56. The highest BCUT2D eigenvalue weighted by molar-refractivity contribution is 9.10. The number of pyridine rings is 1. The van der Waals surface area contributed by atoms with Crippen molar-refractivity contribution in [2.45, 2.75) is 18.9 Å². The van der Waals surface area contributed by atoms with Crippen LogP contribution in [0.5, 0.6) is 5.75 Å². The van der Waals surface area contributed by atoms with E-state index in [9.17, 15) is 19.3 Å². The summed E-state index contributed by atoms with van der Waals surface area (Å²) in [6.45, 7) is 0.634. The van der Waals surface area contributed by atoms with Crippen LogP contribution in [0, 0.1) is 27.3 Å². The minimum atomic E-state index is -0.877. The molecular formula is C19H17BrFN5O5. The van der Waals surface area contributed by atoms with Crippen molar-refractivity contribution in [3.8, 4) is 23.1 Å². The van der Waals surface area contributed by atoms with Gasteiger partial charge in [-0.25, -0.2) is 14.2 Å². The molecule has 3 rings (SSSR count). The van der Waals surface area contributed by atoms with E-state index in [-0.39, 0.29) is 33.0 Å². The van der Waals surface area contributed by atoms with Crippen LogP contribution in [0.4, 0.5) is 20.7 Å². The number of anilines is 1. The zero-order valence-electron chi connectivity index (χ0n) is 16.3. The second-order valence-electron chi connectivity index (χ2n) is 6.67. The van der Waals surface area contributed by atoms with E-state index >= 15 is 0 Å². The van der Waals surface area contributed by atoms with Crippen LogP contribution in [-0.4, -0.2) is 42.3 Å². The first-order valence-electron chi connectivity index (χ1n) is 9.09. The van der Waals surface area contributed by atoms with Gasteiger partial charge in [-0.1, -0.05) is 6.07 Å². The molecule has 2 N–H and O–H groups in total. The van der Waals surface area contributed by atoms with Crippen molar-refractivity contribution in [1.29, 1.82) is 5.26 Å². The first kappa shape index (κ1) is 22.2. The van der Waals surface area contributed by atoms with E-state index in [2.05, 4.69) is 20.9 Å². The highest BCUT2D eigenvalue weighted by Crippen LogP contribution is 2.46. The quantitative estimate of drug-likeness (QED) is 0.491. The number of piperidine rings is 1.